The third-order valence-electron chi connectivity index (χ3n) is 10.2. The highest BCUT2D eigenvalue weighted by atomic mass is 32.2. The minimum atomic E-state index is -3.99. The van der Waals surface area contributed by atoms with Crippen molar-refractivity contribution in [3.8, 4) is 5.82 Å². The van der Waals surface area contributed by atoms with E-state index in [-0.39, 0.29) is 20.9 Å². The lowest BCUT2D eigenvalue weighted by atomic mass is 9.86. The zero-order chi connectivity index (χ0) is 33.7. The molecule has 5 heterocycles. The zero-order valence-electron chi connectivity index (χ0n) is 27.0. The fraction of sp³-hybridized carbons (Fsp3) is 0.100. The second-order valence-electron chi connectivity index (χ2n) is 12.1. The number of pyridine rings is 2. The highest BCUT2D eigenvalue weighted by Crippen LogP contribution is 2.54. The number of aromatic amines is 1. The van der Waals surface area contributed by atoms with Gasteiger partial charge in [0, 0.05) is 43.1 Å². The Hall–Kier alpha value is -5.93. The number of aromatic nitrogens is 4. The van der Waals surface area contributed by atoms with Crippen LogP contribution in [0, 0.1) is 0 Å². The molecule has 0 aliphatic carbocycles. The lowest BCUT2D eigenvalue weighted by molar-refractivity contribution is -0.580. The molecule has 3 aliphatic heterocycles. The fourth-order valence-corrected chi connectivity index (χ4v) is 10.1. The summed E-state index contributed by atoms with van der Waals surface area (Å²) in [5.41, 5.74) is 3.07. The molecule has 0 fully saturated rings. The van der Waals surface area contributed by atoms with E-state index in [9.17, 15) is 18.0 Å². The van der Waals surface area contributed by atoms with Crippen LogP contribution in [0.2, 0.25) is 0 Å². The highest BCUT2D eigenvalue weighted by Gasteiger charge is 2.39. The van der Waals surface area contributed by atoms with E-state index in [1.54, 1.807) is 21.1 Å². The number of nitrogens with zero attached hydrogens (tertiary/aromatic N) is 3. The first-order chi connectivity index (χ1) is 23.9. The highest BCUT2D eigenvalue weighted by molar-refractivity contribution is 7.92. The van der Waals surface area contributed by atoms with Gasteiger partial charge in [0.25, 0.3) is 5.56 Å². The largest absolute Gasteiger partial charge is 0.347 e. The van der Waals surface area contributed by atoms with Gasteiger partial charge in [0.15, 0.2) is 5.52 Å². The monoisotopic (exact) mass is 659 g/mol. The summed E-state index contributed by atoms with van der Waals surface area (Å²) >= 11 is 0. The summed E-state index contributed by atoms with van der Waals surface area (Å²) in [4.78, 5) is 36.8. The van der Waals surface area contributed by atoms with Crippen molar-refractivity contribution in [1.29, 1.82) is 0 Å². The van der Waals surface area contributed by atoms with Gasteiger partial charge in [0.05, 0.1) is 31.6 Å². The predicted molar refractivity (Wildman–Crippen MR) is 197 cm³/mol. The van der Waals surface area contributed by atoms with Crippen LogP contribution in [0.25, 0.3) is 98.2 Å². The van der Waals surface area contributed by atoms with Crippen LogP contribution in [0.1, 0.15) is 27.7 Å². The second kappa shape index (κ2) is 9.15. The van der Waals surface area contributed by atoms with Crippen molar-refractivity contribution in [1.82, 2.24) is 14.4 Å². The molecule has 12 rings (SSSR count). The third kappa shape index (κ3) is 3.00. The van der Waals surface area contributed by atoms with Crippen molar-refractivity contribution in [2.24, 2.45) is 0 Å². The van der Waals surface area contributed by atoms with Gasteiger partial charge in [-0.2, -0.15) is 0 Å². The molecule has 8 nitrogen and oxygen atoms in total. The quantitative estimate of drug-likeness (QED) is 0.102. The summed E-state index contributed by atoms with van der Waals surface area (Å²) in [5.74, 6) is 0.439. The summed E-state index contributed by atoms with van der Waals surface area (Å²) in [6.45, 7) is 8.00. The normalized spacial score (nSPS) is 13.8. The maximum atomic E-state index is 14.6. The Bertz CT molecular complexity index is 3380. The lowest BCUT2D eigenvalue weighted by Crippen LogP contribution is -2.47. The van der Waals surface area contributed by atoms with E-state index < -0.39 is 9.84 Å². The molecule has 9 heteroatoms. The number of hydrogen-bond acceptors (Lipinski definition) is 5. The van der Waals surface area contributed by atoms with E-state index >= 15 is 0 Å². The van der Waals surface area contributed by atoms with E-state index in [2.05, 4.69) is 4.98 Å². The number of sulfone groups is 1. The molecule has 0 atom stereocenters. The molecular weight excluding hydrogens is 633 g/mol. The number of fused-ring (bicyclic) bond motifs is 9. The van der Waals surface area contributed by atoms with Gasteiger partial charge in [0.1, 0.15) is 5.65 Å². The van der Waals surface area contributed by atoms with Crippen LogP contribution in [0.5, 0.6) is 0 Å². The maximum absolute atomic E-state index is 14.6. The first kappa shape index (κ1) is 28.1. The molecule has 2 aromatic heterocycles. The molecule has 49 heavy (non-hydrogen) atoms. The number of hydrogen-bond donors (Lipinski definition) is 1. The Morgan fingerprint density at radius 2 is 1.22 bits per heavy atom. The van der Waals surface area contributed by atoms with Crippen molar-refractivity contribution in [3.05, 3.63) is 106 Å². The minimum Gasteiger partial charge on any atom is -0.339 e. The van der Waals surface area contributed by atoms with E-state index in [0.29, 0.717) is 60.2 Å². The average molecular weight is 660 g/mol. The van der Waals surface area contributed by atoms with Crippen LogP contribution in [0.3, 0.4) is 0 Å². The van der Waals surface area contributed by atoms with Crippen LogP contribution in [-0.4, -0.2) is 22.8 Å². The topological polar surface area (TPSA) is 105 Å². The molecule has 3 aliphatic rings. The molecule has 9 aromatic rings. The van der Waals surface area contributed by atoms with Crippen molar-refractivity contribution < 1.29 is 13.0 Å². The van der Waals surface area contributed by atoms with Gasteiger partial charge in [0.2, 0.25) is 15.4 Å². The second-order valence-corrected chi connectivity index (χ2v) is 14.0. The van der Waals surface area contributed by atoms with Crippen molar-refractivity contribution in [2.45, 2.75) is 37.5 Å². The number of imidazole rings is 2. The predicted octanol–water partition coefficient (Wildman–Crippen LogP) is 7.83. The molecule has 0 saturated heterocycles. The van der Waals surface area contributed by atoms with E-state index in [1.165, 1.54) is 0 Å². The molecule has 0 unspecified atom stereocenters. The summed E-state index contributed by atoms with van der Waals surface area (Å²) in [7, 11) is -3.99. The van der Waals surface area contributed by atoms with E-state index in [0.717, 1.165) is 38.0 Å². The van der Waals surface area contributed by atoms with Gasteiger partial charge >= 0.3 is 11.4 Å². The van der Waals surface area contributed by atoms with E-state index in [1.807, 2.05) is 100 Å². The molecule has 7 aromatic carbocycles. The number of H-pyrrole nitrogens is 1. The maximum Gasteiger partial charge on any atom is 0.347 e. The van der Waals surface area contributed by atoms with Crippen molar-refractivity contribution in [3.63, 3.8) is 0 Å². The molecular formula is C40H27N4O4S+. The van der Waals surface area contributed by atoms with Crippen LogP contribution >= 0.6 is 0 Å². The Labute approximate surface area is 277 Å². The van der Waals surface area contributed by atoms with Gasteiger partial charge in [-0.05, 0) is 64.3 Å². The van der Waals surface area contributed by atoms with Gasteiger partial charge in [-0.15, -0.1) is 4.57 Å². The first-order valence-corrected chi connectivity index (χ1v) is 18.1. The van der Waals surface area contributed by atoms with E-state index in [4.69, 9.17) is 4.98 Å². The standard InChI is InChI=1S/C36H14N4O4S.2C2H6/c41-35-17-11-9-15-16-10-12-18-28-20(34-38-22-6-2-4-8-24(22)40(34)36(18)42)14-26-32(30(16)28)31-25(45(26,43)44)13-19(27(17)29(15)31)33-37-21-5-1-3-7-23(21)39(33)35;2*1-2/h1-14H;2*1-2H3/p+1. The fourth-order valence-electron chi connectivity index (χ4n) is 8.42. The molecule has 0 radical (unpaired) electrons. The number of rotatable bonds is 0. The van der Waals surface area contributed by atoms with Crippen molar-refractivity contribution >= 4 is 102 Å². The molecule has 0 amide bonds. The Balaban J connectivity index is 0.000000740. The molecule has 1 N–H and O–H groups in total. The molecule has 0 saturated carbocycles. The van der Waals surface area contributed by atoms with Crippen LogP contribution in [-0.2, 0) is 9.84 Å². The molecule has 0 spiro atoms. The Morgan fingerprint density at radius 3 is 1.96 bits per heavy atom. The van der Waals surface area contributed by atoms with Gasteiger partial charge in [-0.1, -0.05) is 64.1 Å². The summed E-state index contributed by atoms with van der Waals surface area (Å²) in [5, 5.41) is 8.18. The first-order valence-electron chi connectivity index (χ1n) is 16.6. The van der Waals surface area contributed by atoms with Gasteiger partial charge < -0.3 is 4.98 Å². The summed E-state index contributed by atoms with van der Waals surface area (Å²) < 4.78 is 32.5. The smallest absolute Gasteiger partial charge is 0.339 e. The summed E-state index contributed by atoms with van der Waals surface area (Å²) in [6, 6.07) is 26.0. The third-order valence-corrected chi connectivity index (χ3v) is 12.0. The van der Waals surface area contributed by atoms with Gasteiger partial charge in [-0.25, -0.2) is 13.2 Å². The van der Waals surface area contributed by atoms with Crippen LogP contribution < -0.4 is 15.7 Å². The minimum absolute atomic E-state index is 0.164. The Kier molecular flexibility index (Phi) is 5.25. The molecule has 0 bridgehead atoms. The number of para-hydroxylation sites is 4. The Morgan fingerprint density at radius 1 is 0.633 bits per heavy atom. The number of nitrogens with one attached hydrogen (secondary N) is 1. The van der Waals surface area contributed by atoms with Crippen LogP contribution in [0.15, 0.2) is 104 Å². The van der Waals surface area contributed by atoms with Gasteiger partial charge in [-0.3, -0.25) is 9.20 Å². The average Bonchev–Trinajstić information content (AvgIpc) is 3.79. The summed E-state index contributed by atoms with van der Waals surface area (Å²) in [6.07, 6.45) is 0. The number of benzene rings is 7. The van der Waals surface area contributed by atoms with Crippen LogP contribution in [0.4, 0.5) is 0 Å². The lowest BCUT2D eigenvalue weighted by Gasteiger charge is -2.17. The van der Waals surface area contributed by atoms with Crippen molar-refractivity contribution in [2.75, 3.05) is 0 Å². The SMILES string of the molecule is CC.CC.O=c1c2ccc3c4ccc5c(=O)[n+]6c7ccccc7nc-6c6cc7c(c8c(cc(c2c38)c2[nH]c3ccccc3n12)S7(=O)=O)c4c65. The molecule has 236 valence electrons. The zero-order valence-corrected chi connectivity index (χ0v) is 27.8.